The lowest BCUT2D eigenvalue weighted by molar-refractivity contribution is 0.0526. The van der Waals surface area contributed by atoms with Crippen molar-refractivity contribution in [1.29, 1.82) is 0 Å². The van der Waals surface area contributed by atoms with Gasteiger partial charge in [0.2, 0.25) is 10.1 Å². The van der Waals surface area contributed by atoms with Crippen molar-refractivity contribution in [3.8, 4) is 11.7 Å². The van der Waals surface area contributed by atoms with Gasteiger partial charge in [-0.15, -0.1) is 30.4 Å². The molecule has 152 valence electrons. The van der Waals surface area contributed by atoms with Crippen molar-refractivity contribution >= 4 is 42.8 Å². The number of nitrogens with zero attached hydrogens (tertiary/aromatic N) is 3. The summed E-state index contributed by atoms with van der Waals surface area (Å²) in [5, 5.41) is 4.43. The summed E-state index contributed by atoms with van der Waals surface area (Å²) in [6.45, 7) is 10.7. The van der Waals surface area contributed by atoms with Gasteiger partial charge in [-0.2, -0.15) is 0 Å². The van der Waals surface area contributed by atoms with Crippen molar-refractivity contribution in [1.82, 2.24) is 14.8 Å². The second-order valence-electron chi connectivity index (χ2n) is 7.96. The maximum absolute atomic E-state index is 11.8. The molecule has 0 aromatic carbocycles. The third-order valence-corrected chi connectivity index (χ3v) is 6.77. The van der Waals surface area contributed by atoms with Crippen LogP contribution >= 0.6 is 36.9 Å². The van der Waals surface area contributed by atoms with Crippen LogP contribution in [0.1, 0.15) is 45.0 Å². The van der Waals surface area contributed by atoms with Gasteiger partial charge in [-0.1, -0.05) is 39.3 Å². The molecule has 1 saturated carbocycles. The number of pyridine rings is 1. The van der Waals surface area contributed by atoms with E-state index in [1.807, 2.05) is 0 Å². The van der Waals surface area contributed by atoms with Crippen molar-refractivity contribution in [3.05, 3.63) is 35.1 Å². The number of hydrogen-bond acceptors (Lipinski definition) is 7. The summed E-state index contributed by atoms with van der Waals surface area (Å²) < 4.78 is 11.5. The van der Waals surface area contributed by atoms with Crippen LogP contribution in [-0.4, -0.2) is 31.6 Å². The van der Waals surface area contributed by atoms with E-state index in [1.165, 1.54) is 4.68 Å². The number of esters is 1. The first-order valence-electron chi connectivity index (χ1n) is 8.95. The lowest BCUT2D eigenvalue weighted by Gasteiger charge is -2.25. The summed E-state index contributed by atoms with van der Waals surface area (Å²) in [4.78, 5) is 16.1. The Hall–Kier alpha value is -1.38. The zero-order valence-electron chi connectivity index (χ0n) is 16.4. The molecule has 0 radical (unpaired) electrons. The Morgan fingerprint density at radius 1 is 1.25 bits per heavy atom. The highest BCUT2D eigenvalue weighted by molar-refractivity contribution is 8.00. The molecular formula is C19H24ClN3O3S2. The summed E-state index contributed by atoms with van der Waals surface area (Å²) in [5.41, 5.74) is 0.313. The first-order chi connectivity index (χ1) is 12.9. The molecule has 1 fully saturated rings. The number of carbonyl (C=O) groups is 1. The molecule has 0 aliphatic heterocycles. The van der Waals surface area contributed by atoms with Gasteiger partial charge in [-0.05, 0) is 29.9 Å². The molecule has 0 saturated heterocycles. The molecule has 6 nitrogen and oxygen atoms in total. The SMILES string of the molecule is CCOC(=O)c1ccc(-n2ccc(OC(S)(S)C3C(C)(C)C3(C)C)n2)nc1Cl. The number of hydrogen-bond donors (Lipinski definition) is 2. The first kappa shape index (κ1) is 21.3. The molecule has 0 spiro atoms. The van der Waals surface area contributed by atoms with E-state index < -0.39 is 10.2 Å². The summed E-state index contributed by atoms with van der Waals surface area (Å²) in [6, 6.07) is 4.90. The van der Waals surface area contributed by atoms with Crippen LogP contribution in [0.25, 0.3) is 5.82 Å². The Morgan fingerprint density at radius 3 is 2.43 bits per heavy atom. The van der Waals surface area contributed by atoms with Gasteiger partial charge in [0.05, 0.1) is 12.2 Å². The van der Waals surface area contributed by atoms with E-state index in [0.717, 1.165) is 0 Å². The van der Waals surface area contributed by atoms with Crippen molar-refractivity contribution in [2.24, 2.45) is 16.7 Å². The lowest BCUT2D eigenvalue weighted by Crippen LogP contribution is -2.28. The maximum Gasteiger partial charge on any atom is 0.341 e. The van der Waals surface area contributed by atoms with Crippen LogP contribution < -0.4 is 4.74 Å². The van der Waals surface area contributed by atoms with Gasteiger partial charge < -0.3 is 9.47 Å². The van der Waals surface area contributed by atoms with E-state index in [0.29, 0.717) is 11.7 Å². The number of carbonyl (C=O) groups excluding carboxylic acids is 1. The Labute approximate surface area is 180 Å². The Bertz CT molecular complexity index is 898. The molecular weight excluding hydrogens is 418 g/mol. The van der Waals surface area contributed by atoms with E-state index in [1.54, 1.807) is 31.3 Å². The fraction of sp³-hybridized carbons (Fsp3) is 0.526. The van der Waals surface area contributed by atoms with Gasteiger partial charge in [0.25, 0.3) is 0 Å². The van der Waals surface area contributed by atoms with Gasteiger partial charge in [0, 0.05) is 18.2 Å². The van der Waals surface area contributed by atoms with Crippen LogP contribution in [0.15, 0.2) is 24.4 Å². The van der Waals surface area contributed by atoms with Crippen LogP contribution in [0.5, 0.6) is 5.88 Å². The molecule has 28 heavy (non-hydrogen) atoms. The first-order valence-corrected chi connectivity index (χ1v) is 10.2. The van der Waals surface area contributed by atoms with Crippen molar-refractivity contribution < 1.29 is 14.3 Å². The summed E-state index contributed by atoms with van der Waals surface area (Å²) in [7, 11) is 0. The molecule has 1 aliphatic carbocycles. The topological polar surface area (TPSA) is 66.2 Å². The summed E-state index contributed by atoms with van der Waals surface area (Å²) >= 11 is 15.4. The molecule has 0 atom stereocenters. The molecule has 2 aromatic heterocycles. The Balaban J connectivity index is 1.78. The van der Waals surface area contributed by atoms with Crippen LogP contribution in [0, 0.1) is 16.7 Å². The molecule has 1 aliphatic rings. The average molecular weight is 442 g/mol. The van der Waals surface area contributed by atoms with E-state index in [2.05, 4.69) is 63.0 Å². The number of halogens is 1. The minimum absolute atomic E-state index is 0.0492. The number of thiol groups is 2. The quantitative estimate of drug-likeness (QED) is 0.295. The highest BCUT2D eigenvalue weighted by Gasteiger charge is 2.72. The number of rotatable bonds is 6. The molecule has 0 N–H and O–H groups in total. The van der Waals surface area contributed by atoms with Gasteiger partial charge in [-0.3, -0.25) is 0 Å². The zero-order valence-corrected chi connectivity index (χ0v) is 19.0. The highest BCUT2D eigenvalue weighted by atomic mass is 35.5. The van der Waals surface area contributed by atoms with Crippen molar-refractivity contribution in [2.45, 2.75) is 38.9 Å². The molecule has 2 heterocycles. The molecule has 3 rings (SSSR count). The summed E-state index contributed by atoms with van der Waals surface area (Å²) in [6.07, 6.45) is 1.69. The van der Waals surface area contributed by atoms with Gasteiger partial charge in [0.15, 0.2) is 5.82 Å². The van der Waals surface area contributed by atoms with E-state index in [9.17, 15) is 4.79 Å². The largest absolute Gasteiger partial charge is 0.462 e. The normalized spacial score (nSPS) is 18.0. The highest BCUT2D eigenvalue weighted by Crippen LogP contribution is 2.73. The smallest absolute Gasteiger partial charge is 0.341 e. The van der Waals surface area contributed by atoms with Crippen molar-refractivity contribution in [2.75, 3.05) is 6.61 Å². The second kappa shape index (κ2) is 7.15. The third-order valence-electron chi connectivity index (χ3n) is 5.78. The number of aromatic nitrogens is 3. The average Bonchev–Trinajstić information content (AvgIpc) is 2.87. The minimum Gasteiger partial charge on any atom is -0.462 e. The van der Waals surface area contributed by atoms with E-state index in [-0.39, 0.29) is 34.1 Å². The van der Waals surface area contributed by atoms with Crippen LogP contribution in [0.4, 0.5) is 0 Å². The Kier molecular flexibility index (Phi) is 5.44. The lowest BCUT2D eigenvalue weighted by atomic mass is 10.0. The van der Waals surface area contributed by atoms with Gasteiger partial charge in [0.1, 0.15) is 5.15 Å². The molecule has 0 unspecified atom stereocenters. The van der Waals surface area contributed by atoms with Crippen LogP contribution in [-0.2, 0) is 4.74 Å². The predicted molar refractivity (Wildman–Crippen MR) is 115 cm³/mol. The molecule has 9 heteroatoms. The maximum atomic E-state index is 11.8. The number of ether oxygens (including phenoxy) is 2. The third kappa shape index (κ3) is 3.62. The van der Waals surface area contributed by atoms with Crippen LogP contribution in [0.3, 0.4) is 0 Å². The molecule has 0 bridgehead atoms. The molecule has 2 aromatic rings. The van der Waals surface area contributed by atoms with E-state index >= 15 is 0 Å². The zero-order chi connectivity index (χ0) is 20.9. The van der Waals surface area contributed by atoms with Crippen molar-refractivity contribution in [3.63, 3.8) is 0 Å². The fourth-order valence-electron chi connectivity index (χ4n) is 3.75. The Morgan fingerprint density at radius 2 is 1.89 bits per heavy atom. The van der Waals surface area contributed by atoms with Crippen LogP contribution in [0.2, 0.25) is 5.15 Å². The van der Waals surface area contributed by atoms with Gasteiger partial charge in [-0.25, -0.2) is 14.5 Å². The standard InChI is InChI=1S/C19H24ClN3O3S2/c1-6-25-15(24)11-7-8-12(21-14(11)20)23-10-9-13(22-23)26-19(27,28)16-17(2,3)18(16,4)5/h7-10,16,27-28H,6H2,1-5H3. The monoisotopic (exact) mass is 441 g/mol. The fourth-order valence-corrected chi connectivity index (χ4v) is 5.46. The minimum atomic E-state index is -0.967. The predicted octanol–water partition coefficient (Wildman–Crippen LogP) is 4.67. The second-order valence-corrected chi connectivity index (χ2v) is 10.0. The van der Waals surface area contributed by atoms with Gasteiger partial charge >= 0.3 is 5.97 Å². The molecule has 0 amide bonds. The van der Waals surface area contributed by atoms with E-state index in [4.69, 9.17) is 21.1 Å². The summed E-state index contributed by atoms with van der Waals surface area (Å²) in [5.74, 6) is 0.446.